The Morgan fingerprint density at radius 1 is 0.931 bits per heavy atom. The Balaban J connectivity index is 1.76. The fraction of sp³-hybridized carbons (Fsp3) is 0.0455. The monoisotopic (exact) mass is 422 g/mol. The first-order valence-electron chi connectivity index (χ1n) is 8.87. The van der Waals surface area contributed by atoms with Crippen molar-refractivity contribution < 1.29 is 4.79 Å². The van der Waals surface area contributed by atoms with Crippen LogP contribution in [0.5, 0.6) is 0 Å². The van der Waals surface area contributed by atoms with E-state index in [0.29, 0.717) is 21.6 Å². The van der Waals surface area contributed by atoms with Crippen LogP contribution in [0.25, 0.3) is 17.1 Å². The molecule has 0 spiro atoms. The number of nitrogens with one attached hydrogen (secondary N) is 1. The summed E-state index contributed by atoms with van der Waals surface area (Å²) in [6.07, 6.45) is 0. The van der Waals surface area contributed by atoms with Crippen LogP contribution < -0.4 is 5.32 Å². The highest BCUT2D eigenvalue weighted by Gasteiger charge is 2.19. The summed E-state index contributed by atoms with van der Waals surface area (Å²) in [6, 6.07) is 22.0. The van der Waals surface area contributed by atoms with E-state index in [1.807, 2.05) is 43.3 Å². The van der Waals surface area contributed by atoms with Gasteiger partial charge in [0.05, 0.1) is 16.4 Å². The maximum absolute atomic E-state index is 12.8. The van der Waals surface area contributed by atoms with Crippen LogP contribution in [0.2, 0.25) is 10.0 Å². The first-order chi connectivity index (χ1) is 14.0. The van der Waals surface area contributed by atoms with Crippen LogP contribution in [0.3, 0.4) is 0 Å². The molecule has 4 aromatic rings. The number of aryl methyl sites for hydroxylation is 1. The molecule has 0 radical (unpaired) electrons. The van der Waals surface area contributed by atoms with Gasteiger partial charge in [-0.3, -0.25) is 4.79 Å². The number of benzene rings is 3. The van der Waals surface area contributed by atoms with E-state index in [1.165, 1.54) is 0 Å². The number of carbonyl (C=O) groups excluding carboxylic acids is 1. The number of amides is 1. The number of hydrogen-bond acceptors (Lipinski definition) is 3. The maximum Gasteiger partial charge on any atom is 0.295 e. The van der Waals surface area contributed by atoms with Crippen LogP contribution in [0, 0.1) is 6.92 Å². The van der Waals surface area contributed by atoms with Crippen molar-refractivity contribution in [1.82, 2.24) is 14.8 Å². The van der Waals surface area contributed by atoms with Gasteiger partial charge in [-0.15, -0.1) is 5.10 Å². The molecule has 0 saturated carbocycles. The minimum Gasteiger partial charge on any atom is -0.318 e. The standard InChI is InChI=1S/C22H16Cl2N4O/c1-14-6-8-15(9-7-14)21-26-20(22(29)25-19-5-3-2-4-18(19)24)27-28(21)17-12-10-16(23)11-13-17/h2-13H,1H3,(H,25,29). The highest BCUT2D eigenvalue weighted by molar-refractivity contribution is 6.33. The molecule has 5 nitrogen and oxygen atoms in total. The fourth-order valence-corrected chi connectivity index (χ4v) is 3.11. The molecular weight excluding hydrogens is 407 g/mol. The molecule has 29 heavy (non-hydrogen) atoms. The minimum absolute atomic E-state index is 0.0374. The second-order valence-corrected chi connectivity index (χ2v) is 7.29. The zero-order valence-corrected chi connectivity index (χ0v) is 16.9. The molecule has 1 amide bonds. The van der Waals surface area contributed by atoms with Gasteiger partial charge in [0, 0.05) is 10.6 Å². The van der Waals surface area contributed by atoms with Crippen molar-refractivity contribution in [3.8, 4) is 17.1 Å². The van der Waals surface area contributed by atoms with E-state index in [2.05, 4.69) is 15.4 Å². The average molecular weight is 423 g/mol. The van der Waals surface area contributed by atoms with Crippen molar-refractivity contribution in [3.05, 3.63) is 94.2 Å². The van der Waals surface area contributed by atoms with E-state index in [1.54, 1.807) is 41.1 Å². The summed E-state index contributed by atoms with van der Waals surface area (Å²) in [5.41, 5.74) is 3.21. The van der Waals surface area contributed by atoms with E-state index < -0.39 is 5.91 Å². The lowest BCUT2D eigenvalue weighted by Crippen LogP contribution is -2.14. The zero-order valence-electron chi connectivity index (χ0n) is 15.4. The highest BCUT2D eigenvalue weighted by atomic mass is 35.5. The fourth-order valence-electron chi connectivity index (χ4n) is 2.80. The van der Waals surface area contributed by atoms with E-state index >= 15 is 0 Å². The molecule has 1 heterocycles. The van der Waals surface area contributed by atoms with Crippen molar-refractivity contribution in [2.75, 3.05) is 5.32 Å². The van der Waals surface area contributed by atoms with Gasteiger partial charge >= 0.3 is 0 Å². The maximum atomic E-state index is 12.8. The van der Waals surface area contributed by atoms with Crippen LogP contribution in [-0.4, -0.2) is 20.7 Å². The first-order valence-corrected chi connectivity index (χ1v) is 9.63. The van der Waals surface area contributed by atoms with Gasteiger partial charge in [-0.2, -0.15) is 0 Å². The molecule has 3 aromatic carbocycles. The van der Waals surface area contributed by atoms with Crippen molar-refractivity contribution >= 4 is 34.8 Å². The molecule has 7 heteroatoms. The molecule has 0 saturated heterocycles. The summed E-state index contributed by atoms with van der Waals surface area (Å²) in [4.78, 5) is 17.3. The second kappa shape index (κ2) is 8.07. The van der Waals surface area contributed by atoms with E-state index in [4.69, 9.17) is 23.2 Å². The SMILES string of the molecule is Cc1ccc(-c2nc(C(=O)Nc3ccccc3Cl)nn2-c2ccc(Cl)cc2)cc1. The van der Waals surface area contributed by atoms with Crippen LogP contribution >= 0.6 is 23.2 Å². The smallest absolute Gasteiger partial charge is 0.295 e. The number of rotatable bonds is 4. The van der Waals surface area contributed by atoms with Crippen molar-refractivity contribution in [2.24, 2.45) is 0 Å². The largest absolute Gasteiger partial charge is 0.318 e. The zero-order chi connectivity index (χ0) is 20.4. The van der Waals surface area contributed by atoms with Crippen molar-refractivity contribution in [1.29, 1.82) is 0 Å². The Bertz CT molecular complexity index is 1110. The summed E-state index contributed by atoms with van der Waals surface area (Å²) >= 11 is 12.2. The normalized spacial score (nSPS) is 10.7. The Hall–Kier alpha value is -3.15. The number of carbonyl (C=O) groups is 1. The number of hydrogen-bond donors (Lipinski definition) is 1. The summed E-state index contributed by atoms with van der Waals surface area (Å²) in [5.74, 6) is 0.145. The highest BCUT2D eigenvalue weighted by Crippen LogP contribution is 2.24. The Kier molecular flexibility index (Phi) is 5.34. The topological polar surface area (TPSA) is 59.8 Å². The van der Waals surface area contributed by atoms with Crippen LogP contribution in [0.4, 0.5) is 5.69 Å². The van der Waals surface area contributed by atoms with E-state index in [-0.39, 0.29) is 5.82 Å². The summed E-state index contributed by atoms with van der Waals surface area (Å²) in [6.45, 7) is 2.01. The average Bonchev–Trinajstić information content (AvgIpc) is 3.16. The van der Waals surface area contributed by atoms with Gasteiger partial charge in [0.2, 0.25) is 5.82 Å². The molecule has 0 aliphatic heterocycles. The van der Waals surface area contributed by atoms with Gasteiger partial charge in [-0.25, -0.2) is 9.67 Å². The second-order valence-electron chi connectivity index (χ2n) is 6.45. The van der Waals surface area contributed by atoms with Crippen LogP contribution in [0.15, 0.2) is 72.8 Å². The van der Waals surface area contributed by atoms with Gasteiger partial charge in [-0.1, -0.05) is 65.2 Å². The van der Waals surface area contributed by atoms with Gasteiger partial charge in [0.15, 0.2) is 5.82 Å². The molecule has 1 aromatic heterocycles. The lowest BCUT2D eigenvalue weighted by Gasteiger charge is -2.06. The summed E-state index contributed by atoms with van der Waals surface area (Å²) in [5, 5.41) is 8.25. The molecule has 1 N–H and O–H groups in total. The van der Waals surface area contributed by atoms with E-state index in [0.717, 1.165) is 16.8 Å². The Labute approximate surface area is 177 Å². The number of anilines is 1. The third-order valence-electron chi connectivity index (χ3n) is 4.31. The van der Waals surface area contributed by atoms with Crippen LogP contribution in [0.1, 0.15) is 16.2 Å². The number of aromatic nitrogens is 3. The quantitative estimate of drug-likeness (QED) is 0.451. The third-order valence-corrected chi connectivity index (χ3v) is 4.89. The summed E-state index contributed by atoms with van der Waals surface area (Å²) < 4.78 is 1.63. The lowest BCUT2D eigenvalue weighted by molar-refractivity contribution is 0.101. The molecule has 0 fully saturated rings. The van der Waals surface area contributed by atoms with Gasteiger partial charge in [-0.05, 0) is 43.3 Å². The molecule has 144 valence electrons. The van der Waals surface area contributed by atoms with Crippen molar-refractivity contribution in [3.63, 3.8) is 0 Å². The number of nitrogens with zero attached hydrogens (tertiary/aromatic N) is 3. The summed E-state index contributed by atoms with van der Waals surface area (Å²) in [7, 11) is 0. The predicted molar refractivity (Wildman–Crippen MR) is 116 cm³/mol. The lowest BCUT2D eigenvalue weighted by atomic mass is 10.1. The predicted octanol–water partition coefficient (Wildman–Crippen LogP) is 5.80. The molecule has 0 atom stereocenters. The number of halogens is 2. The van der Waals surface area contributed by atoms with Gasteiger partial charge in [0.25, 0.3) is 5.91 Å². The minimum atomic E-state index is -0.445. The Morgan fingerprint density at radius 2 is 1.62 bits per heavy atom. The first kappa shape index (κ1) is 19.2. The molecular formula is C22H16Cl2N4O. The molecule has 0 aliphatic rings. The molecule has 0 aliphatic carbocycles. The third kappa shape index (κ3) is 4.16. The molecule has 4 rings (SSSR count). The van der Waals surface area contributed by atoms with E-state index in [9.17, 15) is 4.79 Å². The van der Waals surface area contributed by atoms with Crippen molar-refractivity contribution in [2.45, 2.75) is 6.92 Å². The number of para-hydroxylation sites is 1. The van der Waals surface area contributed by atoms with Gasteiger partial charge in [0.1, 0.15) is 0 Å². The molecule has 0 unspecified atom stereocenters. The Morgan fingerprint density at radius 3 is 2.31 bits per heavy atom. The van der Waals surface area contributed by atoms with Gasteiger partial charge < -0.3 is 5.32 Å². The molecule has 0 bridgehead atoms. The van der Waals surface area contributed by atoms with Crippen LogP contribution in [-0.2, 0) is 0 Å².